The van der Waals surface area contributed by atoms with E-state index in [0.717, 1.165) is 18.8 Å². The van der Waals surface area contributed by atoms with Crippen LogP contribution in [0.5, 0.6) is 0 Å². The van der Waals surface area contributed by atoms with Gasteiger partial charge in [0.05, 0.1) is 5.92 Å². The summed E-state index contributed by atoms with van der Waals surface area (Å²) in [5, 5.41) is 0. The Labute approximate surface area is 261 Å². The van der Waals surface area contributed by atoms with Crippen molar-refractivity contribution in [2.24, 2.45) is 35.5 Å². The molecule has 0 aliphatic carbocycles. The summed E-state index contributed by atoms with van der Waals surface area (Å²) in [5.41, 5.74) is 0.908. The largest absolute Gasteiger partial charge is 0.433 e. The van der Waals surface area contributed by atoms with Gasteiger partial charge in [-0.25, -0.2) is 13.2 Å². The van der Waals surface area contributed by atoms with Gasteiger partial charge in [0.25, 0.3) is 0 Å². The van der Waals surface area contributed by atoms with Crippen LogP contribution in [-0.2, 0) is 4.74 Å². The Kier molecular flexibility index (Phi) is 22.4. The first-order chi connectivity index (χ1) is 19.8. The molecule has 0 saturated carbocycles. The lowest BCUT2D eigenvalue weighted by Gasteiger charge is -2.25. The molecule has 250 valence electrons. The first-order valence-corrected chi connectivity index (χ1v) is 16.1. The summed E-state index contributed by atoms with van der Waals surface area (Å²) in [7, 11) is 0. The highest BCUT2D eigenvalue weighted by Crippen LogP contribution is 2.35. The van der Waals surface area contributed by atoms with Crippen molar-refractivity contribution in [2.75, 3.05) is 0 Å². The van der Waals surface area contributed by atoms with Gasteiger partial charge in [-0.1, -0.05) is 121 Å². The summed E-state index contributed by atoms with van der Waals surface area (Å²) < 4.78 is 74.1. The van der Waals surface area contributed by atoms with E-state index in [4.69, 9.17) is 0 Å². The summed E-state index contributed by atoms with van der Waals surface area (Å²) in [6, 6.07) is 0. The standard InChI is InChI=1S/C33H51F5O.C4H10/c1-12-21(2)13-14-22(3)23(4)15-16-24(5)26(7)19-31(35)29(10)25(6)17-18-27(8)33(37,38)39-28(9)20-32(36)30(11)34;1-3-4-2/h19-25,27H,7,9-18H2,1-6,8H3;3-4H2,1-2H3/b31-19+,32-20+;. The molecule has 0 spiro atoms. The summed E-state index contributed by atoms with van der Waals surface area (Å²) in [6.45, 7) is 32.3. The molecule has 0 heterocycles. The summed E-state index contributed by atoms with van der Waals surface area (Å²) in [6.07, 6.45) is 6.62. The van der Waals surface area contributed by atoms with Crippen molar-refractivity contribution < 1.29 is 26.7 Å². The number of unbranched alkanes of at least 4 members (excludes halogenated alkanes) is 1. The molecule has 0 aromatic rings. The average Bonchev–Trinajstić information content (AvgIpc) is 2.95. The second-order valence-electron chi connectivity index (χ2n) is 12.5. The van der Waals surface area contributed by atoms with E-state index in [1.54, 1.807) is 6.92 Å². The van der Waals surface area contributed by atoms with Gasteiger partial charge in [0.1, 0.15) is 11.6 Å². The fourth-order valence-electron chi connectivity index (χ4n) is 4.02. The Balaban J connectivity index is 0. The Hall–Kier alpha value is -2.11. The number of ether oxygens (including phenoxy) is 1. The van der Waals surface area contributed by atoms with Crippen molar-refractivity contribution in [1.82, 2.24) is 0 Å². The molecule has 0 amide bonds. The molecule has 6 unspecified atom stereocenters. The maximum atomic E-state index is 14.9. The zero-order chi connectivity index (χ0) is 33.9. The predicted octanol–water partition coefficient (Wildman–Crippen LogP) is 13.8. The molecule has 0 aromatic heterocycles. The average molecular weight is 617 g/mol. The molecule has 0 radical (unpaired) electrons. The van der Waals surface area contributed by atoms with Gasteiger partial charge in [0.15, 0.2) is 11.7 Å². The van der Waals surface area contributed by atoms with Gasteiger partial charge < -0.3 is 4.74 Å². The second kappa shape index (κ2) is 22.4. The monoisotopic (exact) mass is 616 g/mol. The molecule has 0 rings (SSSR count). The molecule has 6 heteroatoms. The predicted molar refractivity (Wildman–Crippen MR) is 176 cm³/mol. The highest BCUT2D eigenvalue weighted by Gasteiger charge is 2.39. The lowest BCUT2D eigenvalue weighted by atomic mass is 9.83. The third-order valence-electron chi connectivity index (χ3n) is 8.61. The molecular formula is C37H61F5O. The second-order valence-corrected chi connectivity index (χ2v) is 12.5. The maximum Gasteiger partial charge on any atom is 0.400 e. The quantitative estimate of drug-likeness (QED) is 0.0708. The molecule has 0 aromatic carbocycles. The molecule has 0 aliphatic heterocycles. The highest BCUT2D eigenvalue weighted by molar-refractivity contribution is 5.32. The Morgan fingerprint density at radius 2 is 1.16 bits per heavy atom. The maximum absolute atomic E-state index is 14.9. The van der Waals surface area contributed by atoms with Crippen LogP contribution < -0.4 is 0 Å². The molecule has 0 aliphatic rings. The van der Waals surface area contributed by atoms with Crippen LogP contribution in [0.2, 0.25) is 0 Å². The summed E-state index contributed by atoms with van der Waals surface area (Å²) in [5.74, 6) is -3.68. The van der Waals surface area contributed by atoms with Crippen LogP contribution in [0, 0.1) is 35.5 Å². The van der Waals surface area contributed by atoms with Crippen LogP contribution in [0.1, 0.15) is 120 Å². The van der Waals surface area contributed by atoms with Crippen molar-refractivity contribution in [3.05, 3.63) is 72.9 Å². The van der Waals surface area contributed by atoms with Crippen molar-refractivity contribution in [1.29, 1.82) is 0 Å². The van der Waals surface area contributed by atoms with Gasteiger partial charge in [-0.15, -0.1) is 0 Å². The van der Waals surface area contributed by atoms with Crippen LogP contribution in [0.15, 0.2) is 72.9 Å². The SMILES string of the molecule is C=C(/C=C(/F)C(=C)F)OC(F)(F)C(C)CCC(C)C(=C)/C(F)=C\C(=C)C(C)CCC(C)C(C)CCC(C)CC.CCCC. The molecule has 0 N–H and O–H groups in total. The number of rotatable bonds is 21. The van der Waals surface area contributed by atoms with E-state index in [-0.39, 0.29) is 24.3 Å². The van der Waals surface area contributed by atoms with Crippen molar-refractivity contribution >= 4 is 0 Å². The lowest BCUT2D eigenvalue weighted by molar-refractivity contribution is -0.245. The minimum Gasteiger partial charge on any atom is -0.433 e. The van der Waals surface area contributed by atoms with Gasteiger partial charge in [-0.3, -0.25) is 0 Å². The zero-order valence-corrected chi connectivity index (χ0v) is 28.6. The van der Waals surface area contributed by atoms with Crippen LogP contribution in [-0.4, -0.2) is 6.11 Å². The van der Waals surface area contributed by atoms with Gasteiger partial charge in [0, 0.05) is 6.08 Å². The van der Waals surface area contributed by atoms with Crippen molar-refractivity contribution in [3.8, 4) is 0 Å². The first kappa shape index (κ1) is 43.0. The summed E-state index contributed by atoms with van der Waals surface area (Å²) >= 11 is 0. The normalized spacial score (nSPS) is 16.6. The van der Waals surface area contributed by atoms with Gasteiger partial charge in [-0.05, 0) is 72.5 Å². The van der Waals surface area contributed by atoms with Crippen LogP contribution in [0.4, 0.5) is 22.0 Å². The lowest BCUT2D eigenvalue weighted by Crippen LogP contribution is -2.29. The minimum absolute atomic E-state index is 0.0137. The number of hydrogen-bond acceptors (Lipinski definition) is 1. The molecule has 43 heavy (non-hydrogen) atoms. The number of alkyl halides is 2. The van der Waals surface area contributed by atoms with Gasteiger partial charge in [-0.2, -0.15) is 8.78 Å². The van der Waals surface area contributed by atoms with Crippen molar-refractivity contribution in [2.45, 2.75) is 126 Å². The van der Waals surface area contributed by atoms with Gasteiger partial charge in [0.2, 0.25) is 0 Å². The highest BCUT2D eigenvalue weighted by atomic mass is 19.3. The van der Waals surface area contributed by atoms with E-state index in [1.165, 1.54) is 45.1 Å². The number of halogens is 5. The minimum atomic E-state index is -3.67. The summed E-state index contributed by atoms with van der Waals surface area (Å²) in [4.78, 5) is 0. The van der Waals surface area contributed by atoms with E-state index >= 15 is 0 Å². The van der Waals surface area contributed by atoms with Crippen LogP contribution >= 0.6 is 0 Å². The third kappa shape index (κ3) is 19.0. The van der Waals surface area contributed by atoms with Crippen LogP contribution in [0.3, 0.4) is 0 Å². The number of allylic oxidation sites excluding steroid dienone is 7. The number of hydrogen-bond donors (Lipinski definition) is 0. The Morgan fingerprint density at radius 3 is 1.63 bits per heavy atom. The first-order valence-electron chi connectivity index (χ1n) is 16.1. The van der Waals surface area contributed by atoms with Crippen LogP contribution in [0.25, 0.3) is 0 Å². The smallest absolute Gasteiger partial charge is 0.400 e. The molecule has 0 bridgehead atoms. The molecule has 0 saturated heterocycles. The molecule has 1 nitrogen and oxygen atoms in total. The third-order valence-corrected chi connectivity index (χ3v) is 8.61. The fraction of sp³-hybridized carbons (Fsp3) is 0.676. The van der Waals surface area contributed by atoms with E-state index in [1.807, 2.05) is 6.92 Å². The molecule has 6 atom stereocenters. The topological polar surface area (TPSA) is 9.23 Å². The molecule has 0 fully saturated rings. The Morgan fingerprint density at radius 1 is 0.674 bits per heavy atom. The van der Waals surface area contributed by atoms with E-state index in [2.05, 4.69) is 72.6 Å². The van der Waals surface area contributed by atoms with E-state index in [9.17, 15) is 22.0 Å². The van der Waals surface area contributed by atoms with Crippen molar-refractivity contribution in [3.63, 3.8) is 0 Å². The van der Waals surface area contributed by atoms with E-state index < -0.39 is 41.2 Å². The Bertz CT molecular complexity index is 914. The molecular weight excluding hydrogens is 555 g/mol. The fourth-order valence-corrected chi connectivity index (χ4v) is 4.02. The van der Waals surface area contributed by atoms with E-state index in [0.29, 0.717) is 23.5 Å². The zero-order valence-electron chi connectivity index (χ0n) is 28.6. The van der Waals surface area contributed by atoms with Gasteiger partial charge >= 0.3 is 6.11 Å².